The lowest BCUT2D eigenvalue weighted by atomic mass is 9.69. The fraction of sp³-hybridized carbons (Fsp3) is 0.722. The molecule has 1 N–H and O–H groups in total. The Kier molecular flexibility index (Phi) is 6.07. The second kappa shape index (κ2) is 7.82. The lowest BCUT2D eigenvalue weighted by Gasteiger charge is -2.41. The molecule has 3 atom stereocenters. The van der Waals surface area contributed by atoms with Gasteiger partial charge in [-0.25, -0.2) is 0 Å². The molecule has 0 bridgehead atoms. The quantitative estimate of drug-likeness (QED) is 0.832. The van der Waals surface area contributed by atoms with Crippen LogP contribution in [-0.4, -0.2) is 29.4 Å². The van der Waals surface area contributed by atoms with Gasteiger partial charge in [-0.1, -0.05) is 26.2 Å². The summed E-state index contributed by atoms with van der Waals surface area (Å²) in [7, 11) is 1.62. The second-order valence-electron chi connectivity index (χ2n) is 6.63. The smallest absolute Gasteiger partial charge is 0.141 e. The molecule has 2 rings (SSSR count). The summed E-state index contributed by atoms with van der Waals surface area (Å²) in [5.41, 5.74) is -0.587. The number of nitrogens with zero attached hydrogens (tertiary/aromatic N) is 1. The Hall–Kier alpha value is -1.29. The molecule has 0 spiro atoms. The fourth-order valence-corrected chi connectivity index (χ4v) is 3.71. The summed E-state index contributed by atoms with van der Waals surface area (Å²) in [6, 6.07) is 1.86. The molecule has 1 aliphatic carbocycles. The van der Waals surface area contributed by atoms with E-state index < -0.39 is 5.60 Å². The number of aliphatic hydroxyl groups is 1. The minimum atomic E-state index is -0.587. The van der Waals surface area contributed by atoms with Gasteiger partial charge in [0.2, 0.25) is 0 Å². The third kappa shape index (κ3) is 4.35. The van der Waals surface area contributed by atoms with Crippen LogP contribution in [0.5, 0.6) is 11.5 Å². The van der Waals surface area contributed by atoms with E-state index in [1.54, 1.807) is 19.5 Å². The molecule has 0 aliphatic heterocycles. The Morgan fingerprint density at radius 1 is 1.27 bits per heavy atom. The number of hydrogen-bond donors (Lipinski definition) is 1. The Bertz CT molecular complexity index is 461. The van der Waals surface area contributed by atoms with E-state index in [9.17, 15) is 5.11 Å². The highest BCUT2D eigenvalue weighted by molar-refractivity contribution is 5.28. The number of hydrogen-bond acceptors (Lipinski definition) is 4. The second-order valence-corrected chi connectivity index (χ2v) is 6.63. The lowest BCUT2D eigenvalue weighted by molar-refractivity contribution is -0.0578. The van der Waals surface area contributed by atoms with Crippen LogP contribution in [0.4, 0.5) is 0 Å². The SMILES string of the molecule is CCCC(C)(O)C1CCCCC1COc1cncc(OC)c1. The van der Waals surface area contributed by atoms with E-state index in [4.69, 9.17) is 9.47 Å². The predicted octanol–water partition coefficient (Wildman–Crippen LogP) is 3.83. The predicted molar refractivity (Wildman–Crippen MR) is 87.3 cm³/mol. The van der Waals surface area contributed by atoms with Crippen molar-refractivity contribution in [1.29, 1.82) is 0 Å². The van der Waals surface area contributed by atoms with Gasteiger partial charge in [0.25, 0.3) is 0 Å². The molecule has 1 aromatic rings. The molecule has 22 heavy (non-hydrogen) atoms. The summed E-state index contributed by atoms with van der Waals surface area (Å²) in [5.74, 6) is 2.16. The van der Waals surface area contributed by atoms with Crippen LogP contribution in [0, 0.1) is 11.8 Å². The molecular formula is C18H29NO3. The Morgan fingerprint density at radius 3 is 2.73 bits per heavy atom. The summed E-state index contributed by atoms with van der Waals surface area (Å²) < 4.78 is 11.1. The minimum absolute atomic E-state index is 0.319. The zero-order valence-corrected chi connectivity index (χ0v) is 14.0. The molecule has 0 amide bonds. The van der Waals surface area contributed by atoms with Crippen LogP contribution in [0.2, 0.25) is 0 Å². The summed E-state index contributed by atoms with van der Waals surface area (Å²) in [5, 5.41) is 10.8. The molecule has 0 aromatic carbocycles. The van der Waals surface area contributed by atoms with Gasteiger partial charge in [0, 0.05) is 6.07 Å². The van der Waals surface area contributed by atoms with E-state index in [1.807, 2.05) is 13.0 Å². The first-order chi connectivity index (χ1) is 10.6. The van der Waals surface area contributed by atoms with E-state index >= 15 is 0 Å². The maximum Gasteiger partial charge on any atom is 0.141 e. The fourth-order valence-electron chi connectivity index (χ4n) is 3.71. The van der Waals surface area contributed by atoms with Crippen molar-refractivity contribution in [3.05, 3.63) is 18.5 Å². The summed E-state index contributed by atoms with van der Waals surface area (Å²) in [6.45, 7) is 4.76. The molecule has 1 fully saturated rings. The molecule has 1 saturated carbocycles. The summed E-state index contributed by atoms with van der Waals surface area (Å²) in [4.78, 5) is 4.12. The highest BCUT2D eigenvalue weighted by Crippen LogP contribution is 2.39. The van der Waals surface area contributed by atoms with Crippen LogP contribution in [-0.2, 0) is 0 Å². The molecule has 0 saturated heterocycles. The van der Waals surface area contributed by atoms with Gasteiger partial charge in [-0.2, -0.15) is 0 Å². The number of methoxy groups -OCH3 is 1. The first-order valence-electron chi connectivity index (χ1n) is 8.41. The van der Waals surface area contributed by atoms with Gasteiger partial charge in [0.1, 0.15) is 11.5 Å². The van der Waals surface area contributed by atoms with E-state index in [1.165, 1.54) is 12.8 Å². The van der Waals surface area contributed by atoms with Crippen LogP contribution in [0.25, 0.3) is 0 Å². The Labute approximate surface area is 133 Å². The van der Waals surface area contributed by atoms with Crippen molar-refractivity contribution in [2.45, 2.75) is 58.0 Å². The number of pyridine rings is 1. The molecule has 1 aliphatic rings. The van der Waals surface area contributed by atoms with Gasteiger partial charge < -0.3 is 14.6 Å². The monoisotopic (exact) mass is 307 g/mol. The Balaban J connectivity index is 1.99. The highest BCUT2D eigenvalue weighted by Gasteiger charge is 2.38. The van der Waals surface area contributed by atoms with E-state index in [0.717, 1.165) is 31.4 Å². The van der Waals surface area contributed by atoms with Crippen molar-refractivity contribution < 1.29 is 14.6 Å². The number of aromatic nitrogens is 1. The molecule has 0 radical (unpaired) electrons. The van der Waals surface area contributed by atoms with Crippen LogP contribution >= 0.6 is 0 Å². The van der Waals surface area contributed by atoms with Crippen molar-refractivity contribution in [3.8, 4) is 11.5 Å². The average Bonchev–Trinajstić information content (AvgIpc) is 2.53. The van der Waals surface area contributed by atoms with Gasteiger partial charge in [0.05, 0.1) is 31.7 Å². The van der Waals surface area contributed by atoms with Crippen LogP contribution in [0.3, 0.4) is 0 Å². The van der Waals surface area contributed by atoms with Crippen molar-refractivity contribution in [3.63, 3.8) is 0 Å². The van der Waals surface area contributed by atoms with Gasteiger partial charge in [0.15, 0.2) is 0 Å². The van der Waals surface area contributed by atoms with E-state index in [0.29, 0.717) is 24.2 Å². The molecular weight excluding hydrogens is 278 g/mol. The molecule has 4 nitrogen and oxygen atoms in total. The van der Waals surface area contributed by atoms with Gasteiger partial charge in [-0.3, -0.25) is 4.98 Å². The first-order valence-corrected chi connectivity index (χ1v) is 8.41. The largest absolute Gasteiger partial charge is 0.495 e. The third-order valence-electron chi connectivity index (χ3n) is 4.85. The van der Waals surface area contributed by atoms with E-state index in [2.05, 4.69) is 11.9 Å². The minimum Gasteiger partial charge on any atom is -0.495 e. The van der Waals surface area contributed by atoms with Crippen LogP contribution in [0.1, 0.15) is 52.4 Å². The first kappa shape index (κ1) is 17.1. The summed E-state index contributed by atoms with van der Waals surface area (Å²) in [6.07, 6.45) is 9.91. The van der Waals surface area contributed by atoms with Gasteiger partial charge in [-0.15, -0.1) is 0 Å². The molecule has 4 heteroatoms. The van der Waals surface area contributed by atoms with Crippen LogP contribution < -0.4 is 9.47 Å². The van der Waals surface area contributed by atoms with Gasteiger partial charge >= 0.3 is 0 Å². The van der Waals surface area contributed by atoms with E-state index in [-0.39, 0.29) is 0 Å². The zero-order chi connectivity index (χ0) is 16.0. The number of ether oxygens (including phenoxy) is 2. The maximum atomic E-state index is 10.8. The highest BCUT2D eigenvalue weighted by atomic mass is 16.5. The molecule has 124 valence electrons. The number of rotatable bonds is 7. The normalized spacial score (nSPS) is 24.5. The average molecular weight is 307 g/mol. The zero-order valence-electron chi connectivity index (χ0n) is 14.0. The Morgan fingerprint density at radius 2 is 2.00 bits per heavy atom. The standard InChI is InChI=1S/C18H29NO3/c1-4-9-18(2,20)17-8-6-5-7-14(17)13-22-16-10-15(21-3)11-19-12-16/h10-12,14,17,20H,4-9,13H2,1-3H3. The van der Waals surface area contributed by atoms with Crippen molar-refractivity contribution in [1.82, 2.24) is 4.98 Å². The van der Waals surface area contributed by atoms with Crippen molar-refractivity contribution in [2.24, 2.45) is 11.8 Å². The topological polar surface area (TPSA) is 51.6 Å². The van der Waals surface area contributed by atoms with Crippen LogP contribution in [0.15, 0.2) is 18.5 Å². The molecule has 1 heterocycles. The third-order valence-corrected chi connectivity index (χ3v) is 4.85. The molecule has 1 aromatic heterocycles. The summed E-state index contributed by atoms with van der Waals surface area (Å²) >= 11 is 0. The van der Waals surface area contributed by atoms with Crippen molar-refractivity contribution in [2.75, 3.05) is 13.7 Å². The van der Waals surface area contributed by atoms with Gasteiger partial charge in [-0.05, 0) is 38.0 Å². The lowest BCUT2D eigenvalue weighted by Crippen LogP contribution is -2.42. The molecule has 3 unspecified atom stereocenters. The van der Waals surface area contributed by atoms with Crippen molar-refractivity contribution >= 4 is 0 Å². The maximum absolute atomic E-state index is 10.8.